The summed E-state index contributed by atoms with van der Waals surface area (Å²) in [7, 11) is 0. The predicted molar refractivity (Wildman–Crippen MR) is 127 cm³/mol. The van der Waals surface area contributed by atoms with E-state index in [1.165, 1.54) is 4.80 Å². The van der Waals surface area contributed by atoms with Gasteiger partial charge in [-0.3, -0.25) is 9.48 Å². The van der Waals surface area contributed by atoms with E-state index in [1.807, 2.05) is 30.3 Å². The average Bonchev–Trinajstić information content (AvgIpc) is 3.59. The summed E-state index contributed by atoms with van der Waals surface area (Å²) in [6.07, 6.45) is 3.40. The number of benzene rings is 2. The standard InChI is InChI=1S/C22H17Cl2N9O/c23-17-7-4-8-18(24)16(17)13-31-12-10-20(28-31)25-22(34)19-9-11-32(27-19)14-33-29-21(26-30-33)15-5-2-1-3-6-15/h1-12H,13-14H2,(H,25,28,34). The lowest BCUT2D eigenvalue weighted by Gasteiger charge is -2.06. The third-order valence-corrected chi connectivity index (χ3v) is 5.60. The van der Waals surface area contributed by atoms with Gasteiger partial charge in [0.25, 0.3) is 5.91 Å². The van der Waals surface area contributed by atoms with Gasteiger partial charge in [0, 0.05) is 39.6 Å². The van der Waals surface area contributed by atoms with Crippen LogP contribution in [-0.2, 0) is 13.2 Å². The van der Waals surface area contributed by atoms with Crippen molar-refractivity contribution in [2.24, 2.45) is 0 Å². The molecule has 0 aliphatic carbocycles. The summed E-state index contributed by atoms with van der Waals surface area (Å²) in [5.41, 5.74) is 1.85. The fourth-order valence-electron chi connectivity index (χ4n) is 3.24. The van der Waals surface area contributed by atoms with Crippen LogP contribution >= 0.6 is 23.2 Å². The van der Waals surface area contributed by atoms with Gasteiger partial charge in [-0.2, -0.15) is 10.2 Å². The van der Waals surface area contributed by atoms with Gasteiger partial charge in [-0.25, -0.2) is 4.68 Å². The number of carbonyl (C=O) groups is 1. The van der Waals surface area contributed by atoms with Crippen LogP contribution < -0.4 is 5.32 Å². The molecule has 2 aromatic carbocycles. The summed E-state index contributed by atoms with van der Waals surface area (Å²) in [6, 6.07) is 18.1. The molecule has 0 unspecified atom stereocenters. The molecule has 5 rings (SSSR count). The molecule has 12 heteroatoms. The van der Waals surface area contributed by atoms with Crippen LogP contribution in [0, 0.1) is 0 Å². The monoisotopic (exact) mass is 493 g/mol. The van der Waals surface area contributed by atoms with Gasteiger partial charge < -0.3 is 5.32 Å². The molecule has 0 atom stereocenters. The summed E-state index contributed by atoms with van der Waals surface area (Å²) in [5, 5.41) is 24.9. The van der Waals surface area contributed by atoms with Gasteiger partial charge in [-0.1, -0.05) is 59.6 Å². The molecule has 5 aromatic rings. The number of amides is 1. The van der Waals surface area contributed by atoms with E-state index in [0.29, 0.717) is 28.2 Å². The molecule has 0 aliphatic rings. The van der Waals surface area contributed by atoms with Crippen LogP contribution in [0.1, 0.15) is 16.1 Å². The molecule has 0 saturated heterocycles. The van der Waals surface area contributed by atoms with E-state index in [-0.39, 0.29) is 12.4 Å². The highest BCUT2D eigenvalue weighted by Gasteiger charge is 2.13. The molecule has 1 amide bonds. The van der Waals surface area contributed by atoms with Crippen molar-refractivity contribution in [3.8, 4) is 11.4 Å². The van der Waals surface area contributed by atoms with Crippen LogP contribution in [-0.4, -0.2) is 45.7 Å². The van der Waals surface area contributed by atoms with Crippen molar-refractivity contribution in [2.45, 2.75) is 13.2 Å². The summed E-state index contributed by atoms with van der Waals surface area (Å²) in [4.78, 5) is 14.0. The number of hydrogen-bond donors (Lipinski definition) is 1. The van der Waals surface area contributed by atoms with Crippen LogP contribution in [0.4, 0.5) is 5.82 Å². The molecule has 0 radical (unpaired) electrons. The predicted octanol–water partition coefficient (Wildman–Crippen LogP) is 3.85. The zero-order valence-electron chi connectivity index (χ0n) is 17.6. The number of aromatic nitrogens is 8. The van der Waals surface area contributed by atoms with Crippen molar-refractivity contribution in [1.82, 2.24) is 39.8 Å². The second-order valence-corrected chi connectivity index (χ2v) is 8.10. The summed E-state index contributed by atoms with van der Waals surface area (Å²) in [6.45, 7) is 0.583. The molecule has 0 aliphatic heterocycles. The van der Waals surface area contributed by atoms with Gasteiger partial charge in [0.1, 0.15) is 0 Å². The molecule has 0 saturated carbocycles. The Bertz CT molecular complexity index is 1420. The maximum Gasteiger partial charge on any atom is 0.277 e. The second kappa shape index (κ2) is 9.46. The lowest BCUT2D eigenvalue weighted by Crippen LogP contribution is -2.16. The third kappa shape index (κ3) is 4.82. The number of nitrogens with one attached hydrogen (secondary N) is 1. The van der Waals surface area contributed by atoms with Gasteiger partial charge in [-0.05, 0) is 23.4 Å². The van der Waals surface area contributed by atoms with Crippen LogP contribution in [0.2, 0.25) is 10.0 Å². The number of rotatable bonds is 7. The van der Waals surface area contributed by atoms with Gasteiger partial charge in [0.2, 0.25) is 5.82 Å². The summed E-state index contributed by atoms with van der Waals surface area (Å²) < 4.78 is 3.19. The van der Waals surface area contributed by atoms with E-state index in [9.17, 15) is 4.79 Å². The minimum Gasteiger partial charge on any atom is -0.304 e. The first kappa shape index (κ1) is 21.8. The second-order valence-electron chi connectivity index (χ2n) is 7.29. The Morgan fingerprint density at radius 2 is 1.62 bits per heavy atom. The van der Waals surface area contributed by atoms with Crippen LogP contribution in [0.25, 0.3) is 11.4 Å². The topological polar surface area (TPSA) is 108 Å². The summed E-state index contributed by atoms with van der Waals surface area (Å²) >= 11 is 12.4. The van der Waals surface area contributed by atoms with E-state index < -0.39 is 5.91 Å². The Kier molecular flexibility index (Phi) is 6.07. The first-order chi connectivity index (χ1) is 16.5. The van der Waals surface area contributed by atoms with Crippen LogP contribution in [0.5, 0.6) is 0 Å². The number of nitrogens with zero attached hydrogens (tertiary/aromatic N) is 8. The SMILES string of the molecule is O=C(Nc1ccn(Cc2c(Cl)cccc2Cl)n1)c1ccn(Cn2nnc(-c3ccccc3)n2)n1. The number of carbonyl (C=O) groups excluding carboxylic acids is 1. The largest absolute Gasteiger partial charge is 0.304 e. The van der Waals surface area contributed by atoms with Crippen LogP contribution in [0.3, 0.4) is 0 Å². The Morgan fingerprint density at radius 1 is 0.853 bits per heavy atom. The van der Waals surface area contributed by atoms with Crippen molar-refractivity contribution >= 4 is 34.9 Å². The van der Waals surface area contributed by atoms with Crippen molar-refractivity contribution in [3.05, 3.63) is 94.4 Å². The highest BCUT2D eigenvalue weighted by Crippen LogP contribution is 2.25. The first-order valence-corrected chi connectivity index (χ1v) is 10.9. The molecule has 0 bridgehead atoms. The van der Waals surface area contributed by atoms with Crippen molar-refractivity contribution in [2.75, 3.05) is 5.32 Å². The Hall–Kier alpha value is -4.02. The maximum absolute atomic E-state index is 12.6. The first-order valence-electron chi connectivity index (χ1n) is 10.2. The van der Waals surface area contributed by atoms with E-state index in [2.05, 4.69) is 30.9 Å². The molecule has 34 heavy (non-hydrogen) atoms. The Balaban J connectivity index is 1.22. The Labute approximate surface area is 203 Å². The van der Waals surface area contributed by atoms with Crippen molar-refractivity contribution in [1.29, 1.82) is 0 Å². The quantitative estimate of drug-likeness (QED) is 0.368. The van der Waals surface area contributed by atoms with E-state index >= 15 is 0 Å². The highest BCUT2D eigenvalue weighted by atomic mass is 35.5. The molecule has 1 N–H and O–H groups in total. The molecule has 10 nitrogen and oxygen atoms in total. The molecular weight excluding hydrogens is 477 g/mol. The normalized spacial score (nSPS) is 11.0. The number of tetrazole rings is 1. The molecular formula is C22H17Cl2N9O. The maximum atomic E-state index is 12.6. The van der Waals surface area contributed by atoms with Crippen LogP contribution in [0.15, 0.2) is 73.1 Å². The lowest BCUT2D eigenvalue weighted by atomic mass is 10.2. The third-order valence-electron chi connectivity index (χ3n) is 4.89. The van der Waals surface area contributed by atoms with Gasteiger partial charge in [0.15, 0.2) is 18.2 Å². The number of halogens is 2. The van der Waals surface area contributed by atoms with Gasteiger partial charge >= 0.3 is 0 Å². The van der Waals surface area contributed by atoms with Crippen molar-refractivity contribution in [3.63, 3.8) is 0 Å². The molecule has 3 aromatic heterocycles. The molecule has 170 valence electrons. The number of anilines is 1. The fraction of sp³-hybridized carbons (Fsp3) is 0.0909. The molecule has 3 heterocycles. The minimum atomic E-state index is -0.392. The van der Waals surface area contributed by atoms with E-state index in [0.717, 1.165) is 11.1 Å². The van der Waals surface area contributed by atoms with Gasteiger partial charge in [0.05, 0.1) is 6.54 Å². The van der Waals surface area contributed by atoms with E-state index in [1.54, 1.807) is 52.1 Å². The lowest BCUT2D eigenvalue weighted by molar-refractivity contribution is 0.102. The minimum absolute atomic E-state index is 0.209. The smallest absolute Gasteiger partial charge is 0.277 e. The number of hydrogen-bond acceptors (Lipinski definition) is 6. The Morgan fingerprint density at radius 3 is 2.41 bits per heavy atom. The molecule has 0 spiro atoms. The zero-order valence-corrected chi connectivity index (χ0v) is 19.1. The van der Waals surface area contributed by atoms with Crippen molar-refractivity contribution < 1.29 is 4.79 Å². The highest BCUT2D eigenvalue weighted by molar-refractivity contribution is 6.35. The fourth-order valence-corrected chi connectivity index (χ4v) is 3.76. The molecule has 0 fully saturated rings. The zero-order chi connectivity index (χ0) is 23.5. The van der Waals surface area contributed by atoms with Gasteiger partial charge in [-0.15, -0.1) is 15.0 Å². The van der Waals surface area contributed by atoms with E-state index in [4.69, 9.17) is 23.2 Å². The average molecular weight is 494 g/mol. The summed E-state index contributed by atoms with van der Waals surface area (Å²) in [5.74, 6) is 0.504.